The van der Waals surface area contributed by atoms with Crippen molar-refractivity contribution in [1.29, 1.82) is 0 Å². The van der Waals surface area contributed by atoms with Crippen molar-refractivity contribution in [2.45, 2.75) is 159 Å². The molecule has 8 N–H and O–H groups in total. The molecule has 0 heterocycles. The quantitative estimate of drug-likeness (QED) is 0.0412. The smallest absolute Gasteiger partial charge is 0.326 e. The highest BCUT2D eigenvalue weighted by molar-refractivity contribution is 5.90. The van der Waals surface area contributed by atoms with Gasteiger partial charge in [0.15, 0.2) is 0 Å². The number of hydrogen-bond donors (Lipinski definition) is 8. The van der Waals surface area contributed by atoms with Crippen LogP contribution in [0.3, 0.4) is 0 Å². The second kappa shape index (κ2) is 35.5. The Hall–Kier alpha value is -4.65. The fourth-order valence-electron chi connectivity index (χ4n) is 5.69. The minimum Gasteiger partial charge on any atom is -0.481 e. The molecular weight excluding hydrogens is 764 g/mol. The predicted octanol–water partition coefficient (Wildman–Crippen LogP) is 2.62. The van der Waals surface area contributed by atoms with Gasteiger partial charge in [-0.3, -0.25) is 38.4 Å². The Morgan fingerprint density at radius 1 is 0.466 bits per heavy atom. The molecule has 0 aromatic carbocycles. The molecular formula is C39H65N4O15. The van der Waals surface area contributed by atoms with Gasteiger partial charge in [-0.05, 0) is 32.1 Å². The highest BCUT2D eigenvalue weighted by Gasteiger charge is 2.25. The molecule has 0 saturated heterocycles. The molecule has 0 saturated carbocycles. The Labute approximate surface area is 340 Å². The lowest BCUT2D eigenvalue weighted by molar-refractivity contribution is -0.142. The average Bonchev–Trinajstić information content (AvgIpc) is 3.16. The summed E-state index contributed by atoms with van der Waals surface area (Å²) in [6.07, 6.45) is 15.0. The molecule has 0 aromatic heterocycles. The second-order valence-electron chi connectivity index (χ2n) is 14.0. The molecule has 0 aromatic rings. The van der Waals surface area contributed by atoms with E-state index in [0.29, 0.717) is 6.42 Å². The zero-order valence-electron chi connectivity index (χ0n) is 33.6. The van der Waals surface area contributed by atoms with Crippen LogP contribution in [-0.4, -0.2) is 125 Å². The summed E-state index contributed by atoms with van der Waals surface area (Å²) in [6, 6.07) is -3.79. The van der Waals surface area contributed by atoms with E-state index >= 15 is 0 Å². The van der Waals surface area contributed by atoms with E-state index in [0.717, 1.165) is 51.4 Å². The van der Waals surface area contributed by atoms with Gasteiger partial charge in [0.2, 0.25) is 29.9 Å². The number of rotatable bonds is 40. The number of amides is 4. The highest BCUT2D eigenvalue weighted by atomic mass is 16.5. The lowest BCUT2D eigenvalue weighted by Crippen LogP contribution is -2.51. The summed E-state index contributed by atoms with van der Waals surface area (Å²) in [6.45, 7) is -0.345. The first-order valence-electron chi connectivity index (χ1n) is 20.3. The molecule has 0 bridgehead atoms. The van der Waals surface area contributed by atoms with Crippen LogP contribution < -0.4 is 21.3 Å². The number of carboxylic acid groups (broad SMARTS) is 4. The maximum atomic E-state index is 12.5. The van der Waals surface area contributed by atoms with E-state index in [9.17, 15) is 48.3 Å². The number of ether oxygens (including phenoxy) is 2. The molecule has 0 fully saturated rings. The van der Waals surface area contributed by atoms with Crippen LogP contribution in [0.25, 0.3) is 0 Å². The first-order valence-corrected chi connectivity index (χ1v) is 20.3. The van der Waals surface area contributed by atoms with E-state index in [-0.39, 0.29) is 70.8 Å². The summed E-state index contributed by atoms with van der Waals surface area (Å²) in [5.41, 5.74) is 0. The minimum atomic E-state index is -1.33. The summed E-state index contributed by atoms with van der Waals surface area (Å²) in [7, 11) is 0. The molecule has 58 heavy (non-hydrogen) atoms. The largest absolute Gasteiger partial charge is 0.481 e. The Morgan fingerprint density at radius 3 is 1.45 bits per heavy atom. The fourth-order valence-corrected chi connectivity index (χ4v) is 5.69. The zero-order chi connectivity index (χ0) is 43.4. The summed E-state index contributed by atoms with van der Waals surface area (Å²) in [5.74, 6) is -6.82. The third kappa shape index (κ3) is 33.5. The lowest BCUT2D eigenvalue weighted by atomic mass is 10.0. The molecule has 19 nitrogen and oxygen atoms in total. The van der Waals surface area contributed by atoms with Crippen LogP contribution in [0.5, 0.6) is 0 Å². The summed E-state index contributed by atoms with van der Waals surface area (Å²) >= 11 is 0. The zero-order valence-corrected chi connectivity index (χ0v) is 33.6. The van der Waals surface area contributed by atoms with Crippen LogP contribution >= 0.6 is 0 Å². The topological polar surface area (TPSA) is 301 Å². The Bertz CT molecular complexity index is 1250. The number of nitrogens with one attached hydrogen (secondary N) is 4. The number of unbranched alkanes of at least 4 members (excludes halogenated alkanes) is 13. The van der Waals surface area contributed by atoms with Crippen molar-refractivity contribution in [1.82, 2.24) is 21.3 Å². The van der Waals surface area contributed by atoms with Gasteiger partial charge in [-0.15, -0.1) is 0 Å². The van der Waals surface area contributed by atoms with Crippen molar-refractivity contribution in [3.8, 4) is 0 Å². The normalized spacial score (nSPS) is 12.4. The number of carboxylic acids is 4. The third-order valence-electron chi connectivity index (χ3n) is 8.92. The van der Waals surface area contributed by atoms with E-state index in [2.05, 4.69) is 21.3 Å². The second-order valence-corrected chi connectivity index (χ2v) is 14.0. The standard InChI is InChI=1S/C39H65N4O15/c44-27-29(17-21-36(50)51)41-38(54)30(19-22-37(52)53)42-34(47)28-58-26-25-57-24-23-40-32(45)20-18-31(39(55)56)43-33(46)15-13-11-9-7-5-3-1-2-4-6-8-10-12-14-16-35(48)49/h29-31H,1-26,28H2,(H,40,45)(H,41,54)(H,42,47)(H,43,46)(H,48,49)(H,50,51)(H,52,53)(H,55,56)/t29-,30-,31-/m0/s1. The summed E-state index contributed by atoms with van der Waals surface area (Å²) < 4.78 is 10.5. The average molecular weight is 830 g/mol. The third-order valence-corrected chi connectivity index (χ3v) is 8.92. The number of carbonyl (C=O) groups is 8. The van der Waals surface area contributed by atoms with Gasteiger partial charge in [0.05, 0.1) is 25.9 Å². The van der Waals surface area contributed by atoms with Gasteiger partial charge in [-0.1, -0.05) is 77.0 Å². The molecule has 1 radical (unpaired) electrons. The SMILES string of the molecule is O=[C][C@H](CCC(=O)O)NC(=O)[C@H](CCC(=O)O)NC(=O)COCCOCCNC(=O)CC[C@H](NC(=O)CCCCCCCCCCCCCCCCC(=O)O)C(=O)O. The van der Waals surface area contributed by atoms with Crippen molar-refractivity contribution < 1.29 is 73.1 Å². The molecule has 3 atom stereocenters. The van der Waals surface area contributed by atoms with Crippen molar-refractivity contribution in [2.75, 3.05) is 33.0 Å². The Morgan fingerprint density at radius 2 is 0.931 bits per heavy atom. The number of carbonyl (C=O) groups excluding carboxylic acids is 5. The molecule has 0 aliphatic rings. The Kier molecular flexibility index (Phi) is 32.7. The molecule has 0 unspecified atom stereocenters. The molecule has 0 aliphatic heterocycles. The van der Waals surface area contributed by atoms with Crippen LogP contribution in [0.4, 0.5) is 0 Å². The van der Waals surface area contributed by atoms with Gasteiger partial charge in [-0.25, -0.2) is 4.79 Å². The fraction of sp³-hybridized carbons (Fsp3) is 0.769. The van der Waals surface area contributed by atoms with Gasteiger partial charge in [0, 0.05) is 38.6 Å². The predicted molar refractivity (Wildman–Crippen MR) is 208 cm³/mol. The van der Waals surface area contributed by atoms with E-state index in [1.54, 1.807) is 0 Å². The van der Waals surface area contributed by atoms with Gasteiger partial charge in [-0.2, -0.15) is 0 Å². The maximum Gasteiger partial charge on any atom is 0.326 e. The molecule has 19 heteroatoms. The van der Waals surface area contributed by atoms with Gasteiger partial charge in [0.25, 0.3) is 0 Å². The molecule has 4 amide bonds. The van der Waals surface area contributed by atoms with E-state index in [1.165, 1.54) is 38.4 Å². The van der Waals surface area contributed by atoms with Crippen molar-refractivity contribution in [2.24, 2.45) is 0 Å². The van der Waals surface area contributed by atoms with Gasteiger partial charge >= 0.3 is 23.9 Å². The van der Waals surface area contributed by atoms with Crippen molar-refractivity contribution >= 4 is 53.8 Å². The van der Waals surface area contributed by atoms with E-state index in [4.69, 9.17) is 24.8 Å². The minimum absolute atomic E-state index is 0.0292. The van der Waals surface area contributed by atoms with Gasteiger partial charge in [0.1, 0.15) is 18.7 Å². The van der Waals surface area contributed by atoms with Crippen LogP contribution in [-0.2, 0) is 52.6 Å². The molecule has 331 valence electrons. The first kappa shape index (κ1) is 53.4. The number of hydrogen-bond acceptors (Lipinski definition) is 11. The monoisotopic (exact) mass is 829 g/mol. The van der Waals surface area contributed by atoms with Gasteiger partial charge < -0.3 is 51.2 Å². The molecule has 0 rings (SSSR count). The lowest BCUT2D eigenvalue weighted by Gasteiger charge is -2.20. The summed E-state index contributed by atoms with van der Waals surface area (Å²) in [5, 5.41) is 45.5. The molecule has 0 spiro atoms. The van der Waals surface area contributed by atoms with Crippen LogP contribution in [0.2, 0.25) is 0 Å². The summed E-state index contributed by atoms with van der Waals surface area (Å²) in [4.78, 5) is 104. The van der Waals surface area contributed by atoms with Crippen LogP contribution in [0, 0.1) is 0 Å². The van der Waals surface area contributed by atoms with E-state index in [1.807, 2.05) is 0 Å². The maximum absolute atomic E-state index is 12.5. The van der Waals surface area contributed by atoms with Crippen LogP contribution in [0.15, 0.2) is 0 Å². The van der Waals surface area contributed by atoms with Crippen molar-refractivity contribution in [3.05, 3.63) is 0 Å². The number of aliphatic carboxylic acids is 4. The van der Waals surface area contributed by atoms with E-state index < -0.39 is 79.2 Å². The molecule has 0 aliphatic carbocycles. The van der Waals surface area contributed by atoms with Crippen LogP contribution in [0.1, 0.15) is 141 Å². The highest BCUT2D eigenvalue weighted by Crippen LogP contribution is 2.14. The van der Waals surface area contributed by atoms with Crippen molar-refractivity contribution in [3.63, 3.8) is 0 Å². The first-order chi connectivity index (χ1) is 27.7. The Balaban J connectivity index is 4.06.